The predicted octanol–water partition coefficient (Wildman–Crippen LogP) is 2.06. The Hall–Kier alpha value is -2.68. The summed E-state index contributed by atoms with van der Waals surface area (Å²) >= 11 is 5.55. The van der Waals surface area contributed by atoms with Gasteiger partial charge in [0.2, 0.25) is 11.8 Å². The third-order valence-electron chi connectivity index (χ3n) is 4.07. The Labute approximate surface area is 189 Å². The minimum Gasteiger partial charge on any atom is -0.444 e. The molecule has 0 saturated heterocycles. The number of amides is 3. The summed E-state index contributed by atoms with van der Waals surface area (Å²) in [6, 6.07) is 8.15. The molecule has 0 aromatic heterocycles. The minimum atomic E-state index is -0.746. The van der Waals surface area contributed by atoms with Gasteiger partial charge in [-0.25, -0.2) is 4.79 Å². The summed E-state index contributed by atoms with van der Waals surface area (Å²) in [7, 11) is 0. The van der Waals surface area contributed by atoms with Crippen LogP contribution in [0.2, 0.25) is 0 Å². The summed E-state index contributed by atoms with van der Waals surface area (Å²) in [4.78, 5) is 36.4. The summed E-state index contributed by atoms with van der Waals surface area (Å²) in [5.41, 5.74) is 5.41. The molecule has 0 aliphatic carbocycles. The van der Waals surface area contributed by atoms with Gasteiger partial charge in [-0.15, -0.1) is 0 Å². The topological polar surface area (TPSA) is 123 Å². The highest BCUT2D eigenvalue weighted by Crippen LogP contribution is 2.11. The van der Waals surface area contributed by atoms with Crippen LogP contribution < -0.4 is 21.7 Å². The van der Waals surface area contributed by atoms with Crippen molar-refractivity contribution in [3.8, 4) is 0 Å². The van der Waals surface area contributed by atoms with Crippen LogP contribution in [0, 0.1) is 5.92 Å². The van der Waals surface area contributed by atoms with Gasteiger partial charge in [0.25, 0.3) is 0 Å². The zero-order chi connectivity index (χ0) is 23.6. The lowest BCUT2D eigenvalue weighted by Gasteiger charge is -2.28. The molecule has 3 amide bonds. The van der Waals surface area contributed by atoms with Crippen molar-refractivity contribution >= 4 is 35.1 Å². The van der Waals surface area contributed by atoms with Gasteiger partial charge < -0.3 is 26.4 Å². The molecule has 0 fully saturated rings. The van der Waals surface area contributed by atoms with Crippen LogP contribution in [0.5, 0.6) is 0 Å². The highest BCUT2D eigenvalue weighted by atomic mass is 32.1. The van der Waals surface area contributed by atoms with Crippen LogP contribution in [-0.2, 0) is 20.7 Å². The number of hydrogen-bond acceptors (Lipinski definition) is 5. The van der Waals surface area contributed by atoms with Crippen LogP contribution in [0.4, 0.5) is 4.79 Å². The molecule has 172 valence electrons. The van der Waals surface area contributed by atoms with E-state index >= 15 is 0 Å². The first-order valence-electron chi connectivity index (χ1n) is 10.3. The Morgan fingerprint density at radius 3 is 2.19 bits per heavy atom. The van der Waals surface area contributed by atoms with Gasteiger partial charge in [0.05, 0.1) is 17.6 Å². The van der Waals surface area contributed by atoms with E-state index in [1.807, 2.05) is 44.2 Å². The molecule has 9 heteroatoms. The zero-order valence-corrected chi connectivity index (χ0v) is 19.7. The van der Waals surface area contributed by atoms with E-state index in [2.05, 4.69) is 16.0 Å². The first-order chi connectivity index (χ1) is 14.4. The van der Waals surface area contributed by atoms with Crippen LogP contribution in [-0.4, -0.2) is 47.1 Å². The maximum absolute atomic E-state index is 12.7. The SMILES string of the molecule is CC(C)C[C@H](NC(=O)OC(C)(C)C)C(=S)N[C@@H](Cc1ccccc1)C(=O)NCC(N)=O. The van der Waals surface area contributed by atoms with Gasteiger partial charge in [0, 0.05) is 6.42 Å². The van der Waals surface area contributed by atoms with Crippen molar-refractivity contribution < 1.29 is 19.1 Å². The second-order valence-electron chi connectivity index (χ2n) is 8.76. The average molecular weight is 451 g/mol. The number of nitrogens with one attached hydrogen (secondary N) is 3. The van der Waals surface area contributed by atoms with Crippen molar-refractivity contribution in [3.63, 3.8) is 0 Å². The fourth-order valence-electron chi connectivity index (χ4n) is 2.78. The highest BCUT2D eigenvalue weighted by Gasteiger charge is 2.27. The molecule has 0 aliphatic heterocycles. The monoisotopic (exact) mass is 450 g/mol. The number of rotatable bonds is 10. The summed E-state index contributed by atoms with van der Waals surface area (Å²) in [5, 5.41) is 8.36. The molecule has 0 heterocycles. The van der Waals surface area contributed by atoms with E-state index in [0.29, 0.717) is 17.8 Å². The van der Waals surface area contributed by atoms with Crippen LogP contribution in [0.25, 0.3) is 0 Å². The standard InChI is InChI=1S/C22H34N4O4S/c1-14(2)11-17(26-21(29)30-22(3,4)5)20(31)25-16(19(28)24-13-18(23)27)12-15-9-7-6-8-10-15/h6-10,14,16-17H,11-13H2,1-5H3,(H2,23,27)(H,24,28)(H,25,31)(H,26,29)/t16-,17-/m0/s1. The number of carbonyl (C=O) groups excluding carboxylic acids is 3. The summed E-state index contributed by atoms with van der Waals surface area (Å²) in [6.07, 6.45) is 0.318. The normalized spacial score (nSPS) is 13.1. The molecule has 1 rings (SSSR count). The van der Waals surface area contributed by atoms with Gasteiger partial charge in [0.1, 0.15) is 11.6 Å². The van der Waals surface area contributed by atoms with E-state index in [-0.39, 0.29) is 12.5 Å². The Kier molecular flexibility index (Phi) is 10.4. The maximum atomic E-state index is 12.7. The van der Waals surface area contributed by atoms with Gasteiger partial charge in [-0.1, -0.05) is 56.4 Å². The zero-order valence-electron chi connectivity index (χ0n) is 18.9. The molecular formula is C22H34N4O4S. The minimum absolute atomic E-state index is 0.232. The first-order valence-corrected chi connectivity index (χ1v) is 10.7. The van der Waals surface area contributed by atoms with Crippen molar-refractivity contribution in [2.75, 3.05) is 6.54 Å². The number of ether oxygens (including phenoxy) is 1. The Balaban J connectivity index is 2.97. The van der Waals surface area contributed by atoms with Gasteiger partial charge in [-0.3, -0.25) is 9.59 Å². The van der Waals surface area contributed by atoms with Crippen LogP contribution in [0.3, 0.4) is 0 Å². The third-order valence-corrected chi connectivity index (χ3v) is 4.47. The Morgan fingerprint density at radius 1 is 1.06 bits per heavy atom. The molecule has 0 saturated carbocycles. The molecule has 5 N–H and O–H groups in total. The summed E-state index contributed by atoms with van der Waals surface area (Å²) in [5.74, 6) is -0.819. The largest absolute Gasteiger partial charge is 0.444 e. The lowest BCUT2D eigenvalue weighted by Crippen LogP contribution is -2.55. The number of hydrogen-bond donors (Lipinski definition) is 4. The Bertz CT molecular complexity index is 763. The van der Waals surface area contributed by atoms with Gasteiger partial charge >= 0.3 is 6.09 Å². The molecular weight excluding hydrogens is 416 g/mol. The number of primary amides is 1. The predicted molar refractivity (Wildman–Crippen MR) is 124 cm³/mol. The number of thiocarbonyl (C=S) groups is 1. The van der Waals surface area contributed by atoms with E-state index in [0.717, 1.165) is 5.56 Å². The van der Waals surface area contributed by atoms with E-state index in [9.17, 15) is 14.4 Å². The maximum Gasteiger partial charge on any atom is 0.408 e. The lowest BCUT2D eigenvalue weighted by molar-refractivity contribution is -0.126. The number of nitrogens with two attached hydrogens (primary N) is 1. The second-order valence-corrected chi connectivity index (χ2v) is 9.20. The molecule has 0 unspecified atom stereocenters. The van der Waals surface area contributed by atoms with Crippen LogP contribution in [0.15, 0.2) is 30.3 Å². The van der Waals surface area contributed by atoms with Crippen molar-refractivity contribution in [3.05, 3.63) is 35.9 Å². The van der Waals surface area contributed by atoms with E-state index < -0.39 is 35.6 Å². The number of alkyl carbamates (subject to hydrolysis) is 1. The van der Waals surface area contributed by atoms with E-state index in [4.69, 9.17) is 22.7 Å². The smallest absolute Gasteiger partial charge is 0.408 e. The summed E-state index contributed by atoms with van der Waals surface area (Å²) in [6.45, 7) is 9.07. The van der Waals surface area contributed by atoms with E-state index in [1.54, 1.807) is 20.8 Å². The average Bonchev–Trinajstić information content (AvgIpc) is 2.63. The van der Waals surface area contributed by atoms with Gasteiger partial charge in [-0.2, -0.15) is 0 Å². The molecule has 0 aliphatic rings. The fraction of sp³-hybridized carbons (Fsp3) is 0.545. The molecule has 2 atom stereocenters. The van der Waals surface area contributed by atoms with Crippen molar-refractivity contribution in [1.29, 1.82) is 0 Å². The van der Waals surface area contributed by atoms with Gasteiger partial charge in [-0.05, 0) is 38.7 Å². The number of carbonyl (C=O) groups is 3. The summed E-state index contributed by atoms with van der Waals surface area (Å²) < 4.78 is 5.34. The quantitative estimate of drug-likeness (QED) is 0.405. The molecule has 0 radical (unpaired) electrons. The molecule has 1 aromatic carbocycles. The van der Waals surface area contributed by atoms with Gasteiger partial charge in [0.15, 0.2) is 0 Å². The van der Waals surface area contributed by atoms with Crippen molar-refractivity contribution in [1.82, 2.24) is 16.0 Å². The van der Waals surface area contributed by atoms with Crippen LogP contribution >= 0.6 is 12.2 Å². The first kappa shape index (κ1) is 26.4. The fourth-order valence-corrected chi connectivity index (χ4v) is 3.08. The molecule has 8 nitrogen and oxygen atoms in total. The molecule has 31 heavy (non-hydrogen) atoms. The van der Waals surface area contributed by atoms with Crippen molar-refractivity contribution in [2.45, 2.75) is 65.1 Å². The Morgan fingerprint density at radius 2 is 1.68 bits per heavy atom. The van der Waals surface area contributed by atoms with Crippen molar-refractivity contribution in [2.24, 2.45) is 11.7 Å². The third kappa shape index (κ3) is 11.3. The highest BCUT2D eigenvalue weighted by molar-refractivity contribution is 7.80. The molecule has 0 bridgehead atoms. The number of benzene rings is 1. The molecule has 1 aromatic rings. The molecule has 0 spiro atoms. The second kappa shape index (κ2) is 12.2. The van der Waals surface area contributed by atoms with E-state index in [1.165, 1.54) is 0 Å². The van der Waals surface area contributed by atoms with Crippen LogP contribution in [0.1, 0.15) is 46.6 Å². The lowest BCUT2D eigenvalue weighted by atomic mass is 10.0.